The molecule has 1 N–H and O–H groups in total. The summed E-state index contributed by atoms with van der Waals surface area (Å²) in [7, 11) is 0. The number of hydrogen-bond donors (Lipinski definition) is 1. The van der Waals surface area contributed by atoms with Gasteiger partial charge in [-0.2, -0.15) is 5.26 Å². The Balaban J connectivity index is 1.76. The van der Waals surface area contributed by atoms with Gasteiger partial charge in [-0.1, -0.05) is 5.16 Å². The molecular weight excluding hydrogens is 242 g/mol. The highest BCUT2D eigenvalue weighted by Gasteiger charge is 2.04. The average Bonchev–Trinajstić information content (AvgIpc) is 2.96. The Bertz CT molecular complexity index is 568. The van der Waals surface area contributed by atoms with Gasteiger partial charge in [0.2, 0.25) is 0 Å². The van der Waals surface area contributed by atoms with E-state index < -0.39 is 0 Å². The van der Waals surface area contributed by atoms with Crippen molar-refractivity contribution >= 4 is 5.91 Å². The second-order valence-corrected chi connectivity index (χ2v) is 4.08. The van der Waals surface area contributed by atoms with Gasteiger partial charge in [0.05, 0.1) is 17.8 Å². The minimum Gasteiger partial charge on any atom is -0.364 e. The standard InChI is InChI=1S/C14H13N3O2/c15-8-11-3-5-13(6-4-11)14(18)16-7-1-2-12-9-17-19-10-12/h3-6,9-10H,1-2,7H2,(H,16,18). The first-order chi connectivity index (χ1) is 9.29. The quantitative estimate of drug-likeness (QED) is 0.828. The fourth-order valence-electron chi connectivity index (χ4n) is 1.64. The number of rotatable bonds is 5. The van der Waals surface area contributed by atoms with Crippen molar-refractivity contribution in [3.8, 4) is 6.07 Å². The SMILES string of the molecule is N#Cc1ccc(C(=O)NCCCc2cnoc2)cc1. The van der Waals surface area contributed by atoms with Gasteiger partial charge in [-0.05, 0) is 37.1 Å². The van der Waals surface area contributed by atoms with E-state index in [9.17, 15) is 4.79 Å². The van der Waals surface area contributed by atoms with Crippen molar-refractivity contribution in [2.45, 2.75) is 12.8 Å². The van der Waals surface area contributed by atoms with Crippen LogP contribution in [-0.2, 0) is 6.42 Å². The van der Waals surface area contributed by atoms with Crippen molar-refractivity contribution in [3.63, 3.8) is 0 Å². The molecule has 2 rings (SSSR count). The molecule has 0 saturated heterocycles. The molecule has 1 amide bonds. The van der Waals surface area contributed by atoms with Gasteiger partial charge in [-0.15, -0.1) is 0 Å². The molecule has 2 aromatic rings. The number of nitrogens with one attached hydrogen (secondary N) is 1. The van der Waals surface area contributed by atoms with E-state index in [-0.39, 0.29) is 5.91 Å². The van der Waals surface area contributed by atoms with E-state index in [1.807, 2.05) is 6.07 Å². The molecule has 0 radical (unpaired) electrons. The van der Waals surface area contributed by atoms with Crippen LogP contribution in [0, 0.1) is 11.3 Å². The van der Waals surface area contributed by atoms with Crippen molar-refractivity contribution in [1.29, 1.82) is 5.26 Å². The molecule has 5 heteroatoms. The molecule has 0 bridgehead atoms. The van der Waals surface area contributed by atoms with Gasteiger partial charge in [-0.3, -0.25) is 4.79 Å². The lowest BCUT2D eigenvalue weighted by atomic mass is 10.1. The van der Waals surface area contributed by atoms with Crippen LogP contribution in [0.1, 0.15) is 27.9 Å². The van der Waals surface area contributed by atoms with Crippen LogP contribution in [0.2, 0.25) is 0 Å². The zero-order valence-corrected chi connectivity index (χ0v) is 10.3. The number of carbonyl (C=O) groups excluding carboxylic acids is 1. The smallest absolute Gasteiger partial charge is 0.251 e. The van der Waals surface area contributed by atoms with Crippen molar-refractivity contribution < 1.29 is 9.32 Å². The number of amides is 1. The van der Waals surface area contributed by atoms with Crippen molar-refractivity contribution in [3.05, 3.63) is 53.4 Å². The van der Waals surface area contributed by atoms with Gasteiger partial charge in [0, 0.05) is 17.7 Å². The Morgan fingerprint density at radius 2 is 2.16 bits per heavy atom. The van der Waals surface area contributed by atoms with Gasteiger partial charge < -0.3 is 9.84 Å². The summed E-state index contributed by atoms with van der Waals surface area (Å²) < 4.78 is 4.72. The molecule has 0 aliphatic heterocycles. The van der Waals surface area contributed by atoms with E-state index in [1.54, 1.807) is 36.7 Å². The van der Waals surface area contributed by atoms with Gasteiger partial charge in [0.25, 0.3) is 5.91 Å². The summed E-state index contributed by atoms with van der Waals surface area (Å²) in [5.74, 6) is -0.130. The summed E-state index contributed by atoms with van der Waals surface area (Å²) in [4.78, 5) is 11.8. The summed E-state index contributed by atoms with van der Waals surface area (Å²) in [6.45, 7) is 0.587. The van der Waals surface area contributed by atoms with Crippen LogP contribution >= 0.6 is 0 Å². The highest BCUT2D eigenvalue weighted by atomic mass is 16.5. The maximum atomic E-state index is 11.8. The normalized spacial score (nSPS) is 9.84. The number of hydrogen-bond acceptors (Lipinski definition) is 4. The summed E-state index contributed by atoms with van der Waals surface area (Å²) in [5, 5.41) is 15.1. The van der Waals surface area contributed by atoms with Gasteiger partial charge in [0.15, 0.2) is 0 Å². The Labute approximate surface area is 110 Å². The Kier molecular flexibility index (Phi) is 4.29. The molecule has 0 aliphatic rings. The predicted octanol–water partition coefficient (Wildman–Crippen LogP) is 1.91. The highest BCUT2D eigenvalue weighted by molar-refractivity contribution is 5.94. The molecule has 1 heterocycles. The van der Waals surface area contributed by atoms with Gasteiger partial charge >= 0.3 is 0 Å². The molecule has 0 aliphatic carbocycles. The van der Waals surface area contributed by atoms with E-state index in [1.165, 1.54) is 0 Å². The molecule has 0 saturated carbocycles. The lowest BCUT2D eigenvalue weighted by Gasteiger charge is -2.04. The molecule has 0 spiro atoms. The number of aryl methyl sites for hydroxylation is 1. The van der Waals surface area contributed by atoms with E-state index >= 15 is 0 Å². The van der Waals surface area contributed by atoms with E-state index in [0.717, 1.165) is 18.4 Å². The fraction of sp³-hybridized carbons (Fsp3) is 0.214. The third-order valence-corrected chi connectivity index (χ3v) is 2.69. The van der Waals surface area contributed by atoms with Crippen molar-refractivity contribution in [2.75, 3.05) is 6.54 Å². The second kappa shape index (κ2) is 6.36. The summed E-state index contributed by atoms with van der Waals surface area (Å²) in [6, 6.07) is 8.57. The molecule has 1 aromatic heterocycles. The molecule has 0 unspecified atom stereocenters. The Hall–Kier alpha value is -2.61. The molecule has 19 heavy (non-hydrogen) atoms. The first kappa shape index (κ1) is 12.8. The van der Waals surface area contributed by atoms with Crippen LogP contribution in [0.3, 0.4) is 0 Å². The summed E-state index contributed by atoms with van der Waals surface area (Å²) in [5.41, 5.74) is 2.13. The van der Waals surface area contributed by atoms with Crippen LogP contribution < -0.4 is 5.32 Å². The van der Waals surface area contributed by atoms with E-state index in [0.29, 0.717) is 17.7 Å². The van der Waals surface area contributed by atoms with Crippen molar-refractivity contribution in [1.82, 2.24) is 10.5 Å². The van der Waals surface area contributed by atoms with Crippen LogP contribution in [0.5, 0.6) is 0 Å². The first-order valence-corrected chi connectivity index (χ1v) is 5.96. The first-order valence-electron chi connectivity index (χ1n) is 5.96. The summed E-state index contributed by atoms with van der Waals surface area (Å²) >= 11 is 0. The van der Waals surface area contributed by atoms with E-state index in [4.69, 9.17) is 9.78 Å². The molecule has 96 valence electrons. The number of nitriles is 1. The lowest BCUT2D eigenvalue weighted by Crippen LogP contribution is -2.24. The van der Waals surface area contributed by atoms with Gasteiger partial charge in [-0.25, -0.2) is 0 Å². The number of carbonyl (C=O) groups is 1. The third-order valence-electron chi connectivity index (χ3n) is 2.69. The fourth-order valence-corrected chi connectivity index (χ4v) is 1.64. The van der Waals surface area contributed by atoms with Gasteiger partial charge in [0.1, 0.15) is 6.26 Å². The maximum absolute atomic E-state index is 11.8. The third kappa shape index (κ3) is 3.68. The highest BCUT2D eigenvalue weighted by Crippen LogP contribution is 2.04. The maximum Gasteiger partial charge on any atom is 0.251 e. The monoisotopic (exact) mass is 255 g/mol. The minimum absolute atomic E-state index is 0.130. The zero-order chi connectivity index (χ0) is 13.5. The lowest BCUT2D eigenvalue weighted by molar-refractivity contribution is 0.0953. The topological polar surface area (TPSA) is 78.9 Å². The summed E-state index contributed by atoms with van der Waals surface area (Å²) in [6.07, 6.45) is 4.91. The predicted molar refractivity (Wildman–Crippen MR) is 68.3 cm³/mol. The largest absolute Gasteiger partial charge is 0.364 e. The van der Waals surface area contributed by atoms with Crippen LogP contribution in [0.4, 0.5) is 0 Å². The second-order valence-electron chi connectivity index (χ2n) is 4.08. The Morgan fingerprint density at radius 3 is 2.79 bits per heavy atom. The molecule has 5 nitrogen and oxygen atoms in total. The molecule has 0 fully saturated rings. The molecule has 0 atom stereocenters. The Morgan fingerprint density at radius 1 is 1.37 bits per heavy atom. The average molecular weight is 255 g/mol. The number of aromatic nitrogens is 1. The van der Waals surface area contributed by atoms with Crippen LogP contribution in [0.25, 0.3) is 0 Å². The minimum atomic E-state index is -0.130. The molecular formula is C14H13N3O2. The van der Waals surface area contributed by atoms with Crippen LogP contribution in [-0.4, -0.2) is 17.6 Å². The zero-order valence-electron chi connectivity index (χ0n) is 10.3. The number of nitrogens with zero attached hydrogens (tertiary/aromatic N) is 2. The molecule has 1 aromatic carbocycles. The van der Waals surface area contributed by atoms with Crippen molar-refractivity contribution in [2.24, 2.45) is 0 Å². The van der Waals surface area contributed by atoms with E-state index in [2.05, 4.69) is 10.5 Å². The number of benzene rings is 1. The van der Waals surface area contributed by atoms with Crippen LogP contribution in [0.15, 0.2) is 41.2 Å².